The van der Waals surface area contributed by atoms with E-state index < -0.39 is 24.4 Å². The Morgan fingerprint density at radius 2 is 1.68 bits per heavy atom. The number of hydrogen-bond donors (Lipinski definition) is 0. The molecule has 0 saturated carbocycles. The van der Waals surface area contributed by atoms with E-state index in [2.05, 4.69) is 20.0 Å². The van der Waals surface area contributed by atoms with Crippen molar-refractivity contribution in [2.75, 3.05) is 62.7 Å². The van der Waals surface area contributed by atoms with Crippen LogP contribution in [0.25, 0.3) is 5.69 Å². The molecule has 0 radical (unpaired) electrons. The van der Waals surface area contributed by atoms with Crippen LogP contribution in [-0.4, -0.2) is 89.7 Å². The molecule has 3 fully saturated rings. The molecule has 218 valence electrons. The summed E-state index contributed by atoms with van der Waals surface area (Å²) in [6.07, 6.45) is -4.22. The molecule has 0 atom stereocenters. The minimum Gasteiger partial charge on any atom is -0.494 e. The van der Waals surface area contributed by atoms with Gasteiger partial charge in [-0.2, -0.15) is 13.2 Å². The van der Waals surface area contributed by atoms with Crippen molar-refractivity contribution in [2.45, 2.75) is 25.3 Å². The van der Waals surface area contributed by atoms with E-state index in [1.165, 1.54) is 18.1 Å². The second kappa shape index (κ2) is 9.43. The molecular formula is C27H27ClF5N7O. The van der Waals surface area contributed by atoms with Gasteiger partial charge in [0.15, 0.2) is 17.4 Å². The average Bonchev–Trinajstić information content (AvgIpc) is 3.15. The van der Waals surface area contributed by atoms with Crippen LogP contribution in [0.1, 0.15) is 11.4 Å². The fourth-order valence-electron chi connectivity index (χ4n) is 6.59. The lowest BCUT2D eigenvalue weighted by Crippen LogP contribution is -2.73. The molecule has 0 unspecified atom stereocenters. The Morgan fingerprint density at radius 1 is 0.951 bits per heavy atom. The molecule has 0 aliphatic carbocycles. The van der Waals surface area contributed by atoms with Gasteiger partial charge in [-0.05, 0) is 23.8 Å². The first-order chi connectivity index (χ1) is 19.5. The van der Waals surface area contributed by atoms with Crippen molar-refractivity contribution in [1.29, 1.82) is 0 Å². The molecule has 1 spiro atoms. The fourth-order valence-corrected chi connectivity index (χ4v) is 6.78. The van der Waals surface area contributed by atoms with E-state index in [0.29, 0.717) is 74.8 Å². The second-order valence-corrected chi connectivity index (χ2v) is 12.0. The number of anilines is 2. The number of likely N-dealkylation sites (tertiary alicyclic amines) is 1. The molecule has 8 nitrogen and oxygen atoms in total. The van der Waals surface area contributed by atoms with Crippen molar-refractivity contribution in [1.82, 2.24) is 24.6 Å². The molecule has 3 saturated heterocycles. The lowest BCUT2D eigenvalue weighted by atomic mass is 9.72. The lowest BCUT2D eigenvalue weighted by molar-refractivity contribution is -0.161. The molecule has 2 aromatic carbocycles. The molecular weight excluding hydrogens is 569 g/mol. The molecule has 0 amide bonds. The lowest BCUT2D eigenvalue weighted by Gasteiger charge is -2.61. The third-order valence-corrected chi connectivity index (χ3v) is 8.76. The second-order valence-electron chi connectivity index (χ2n) is 11.5. The summed E-state index contributed by atoms with van der Waals surface area (Å²) in [6, 6.07) is 7.84. The van der Waals surface area contributed by atoms with Gasteiger partial charge in [-0.1, -0.05) is 11.6 Å². The van der Waals surface area contributed by atoms with Crippen molar-refractivity contribution in [3.8, 4) is 11.4 Å². The van der Waals surface area contributed by atoms with Gasteiger partial charge < -0.3 is 14.5 Å². The number of nitrogens with zero attached hydrogens (tertiary/aromatic N) is 7. The Balaban J connectivity index is 1.08. The number of ether oxygens (including phenoxy) is 1. The van der Waals surface area contributed by atoms with Crippen molar-refractivity contribution >= 4 is 23.2 Å². The minimum absolute atomic E-state index is 0.00603. The van der Waals surface area contributed by atoms with Crippen molar-refractivity contribution < 1.29 is 26.7 Å². The number of benzene rings is 2. The summed E-state index contributed by atoms with van der Waals surface area (Å²) < 4.78 is 73.9. The molecule has 14 heteroatoms. The number of alkyl halides is 3. The number of halogens is 6. The van der Waals surface area contributed by atoms with Crippen LogP contribution in [0.2, 0.25) is 5.02 Å². The maximum absolute atomic E-state index is 14.5. The normalized spacial score (nSPS) is 20.7. The summed E-state index contributed by atoms with van der Waals surface area (Å²) >= 11 is 6.35. The van der Waals surface area contributed by atoms with Crippen LogP contribution in [0.4, 0.5) is 33.6 Å². The van der Waals surface area contributed by atoms with Gasteiger partial charge in [0.2, 0.25) is 5.95 Å². The molecule has 0 N–H and O–H groups in total. The van der Waals surface area contributed by atoms with E-state index >= 15 is 0 Å². The predicted octanol–water partition coefficient (Wildman–Crippen LogP) is 4.10. The van der Waals surface area contributed by atoms with Gasteiger partial charge in [0.25, 0.3) is 0 Å². The van der Waals surface area contributed by atoms with Crippen LogP contribution in [0, 0.1) is 17.0 Å². The smallest absolute Gasteiger partial charge is 0.401 e. The molecule has 5 heterocycles. The summed E-state index contributed by atoms with van der Waals surface area (Å²) in [5.41, 5.74) is 2.13. The van der Waals surface area contributed by atoms with E-state index in [4.69, 9.17) is 16.3 Å². The highest BCUT2D eigenvalue weighted by molar-refractivity contribution is 6.30. The van der Waals surface area contributed by atoms with Crippen molar-refractivity contribution in [2.24, 2.45) is 5.41 Å². The van der Waals surface area contributed by atoms with Gasteiger partial charge in [-0.15, -0.1) is 10.2 Å². The Bertz CT molecular complexity index is 1490. The van der Waals surface area contributed by atoms with E-state index in [1.54, 1.807) is 0 Å². The van der Waals surface area contributed by atoms with Gasteiger partial charge in [0.05, 0.1) is 31.6 Å². The van der Waals surface area contributed by atoms with Gasteiger partial charge in [-0.25, -0.2) is 8.78 Å². The van der Waals surface area contributed by atoms with Crippen LogP contribution < -0.4 is 14.5 Å². The molecule has 7 rings (SSSR count). The van der Waals surface area contributed by atoms with E-state index in [1.807, 2.05) is 27.7 Å². The number of rotatable bonds is 5. The zero-order valence-corrected chi connectivity index (χ0v) is 22.9. The highest BCUT2D eigenvalue weighted by Crippen LogP contribution is 2.45. The van der Waals surface area contributed by atoms with Crippen LogP contribution in [0.5, 0.6) is 5.75 Å². The first-order valence-corrected chi connectivity index (χ1v) is 13.7. The van der Waals surface area contributed by atoms with Gasteiger partial charge in [0.1, 0.15) is 5.82 Å². The van der Waals surface area contributed by atoms with Gasteiger partial charge in [0, 0.05) is 74.4 Å². The Hall–Kier alpha value is -3.16. The Morgan fingerprint density at radius 3 is 2.39 bits per heavy atom. The van der Waals surface area contributed by atoms with Crippen LogP contribution >= 0.6 is 11.6 Å². The highest BCUT2D eigenvalue weighted by Gasteiger charge is 2.54. The third-order valence-electron chi connectivity index (χ3n) is 8.52. The van der Waals surface area contributed by atoms with Gasteiger partial charge in [-0.3, -0.25) is 14.4 Å². The molecule has 4 aliphatic rings. The maximum atomic E-state index is 14.5. The number of aromatic nitrogens is 3. The van der Waals surface area contributed by atoms with E-state index in [9.17, 15) is 22.0 Å². The van der Waals surface area contributed by atoms with Crippen molar-refractivity contribution in [3.05, 3.63) is 58.4 Å². The number of methoxy groups -OCH3 is 1. The summed E-state index contributed by atoms with van der Waals surface area (Å²) in [5.74, 6) is 0.0576. The average molecular weight is 596 g/mol. The van der Waals surface area contributed by atoms with Gasteiger partial charge >= 0.3 is 6.18 Å². The van der Waals surface area contributed by atoms with Crippen molar-refractivity contribution in [3.63, 3.8) is 0 Å². The molecule has 4 aliphatic heterocycles. The largest absolute Gasteiger partial charge is 0.494 e. The minimum atomic E-state index is -4.22. The monoisotopic (exact) mass is 595 g/mol. The number of fused-ring (bicyclic) bond motifs is 3. The highest BCUT2D eigenvalue weighted by atomic mass is 35.5. The molecule has 41 heavy (non-hydrogen) atoms. The summed E-state index contributed by atoms with van der Waals surface area (Å²) in [6.45, 7) is 3.38. The van der Waals surface area contributed by atoms with Crippen LogP contribution in [0.15, 0.2) is 30.3 Å². The fraction of sp³-hybridized carbons (Fsp3) is 0.481. The standard InChI is InChI=1S/C27H27ClF5N7O/c1-41-23-6-22(19(29)5-20(23)30)38-11-26(12-38)13-39(14-26)25-35-34-24-10-37(18-8-36(9-18)15-27(31,32)33)7-16-4-17(28)2-3-21(16)40(24)25/h2-6,18H,7-15H2,1H3. The Kier molecular flexibility index (Phi) is 6.15. The van der Waals surface area contributed by atoms with E-state index in [0.717, 1.165) is 17.3 Å². The predicted molar refractivity (Wildman–Crippen MR) is 142 cm³/mol. The first-order valence-electron chi connectivity index (χ1n) is 13.3. The Labute approximate surface area is 237 Å². The SMILES string of the molecule is COc1cc(N2CC3(C2)CN(c2nnc4n2-c2ccc(Cl)cc2CN(C2CN(CC(F)(F)F)C2)C4)C3)c(F)cc1F. The molecule has 1 aromatic heterocycles. The topological polar surface area (TPSA) is 52.9 Å². The zero-order valence-electron chi connectivity index (χ0n) is 22.1. The van der Waals surface area contributed by atoms with E-state index in [-0.39, 0.29) is 17.2 Å². The summed E-state index contributed by atoms with van der Waals surface area (Å²) in [5, 5.41) is 9.60. The zero-order chi connectivity index (χ0) is 28.7. The quantitative estimate of drug-likeness (QED) is 0.412. The van der Waals surface area contributed by atoms with Crippen LogP contribution in [0.3, 0.4) is 0 Å². The third kappa shape index (κ3) is 4.67. The summed E-state index contributed by atoms with van der Waals surface area (Å²) in [4.78, 5) is 7.57. The summed E-state index contributed by atoms with van der Waals surface area (Å²) in [7, 11) is 1.35. The van der Waals surface area contributed by atoms with Crippen LogP contribution in [-0.2, 0) is 13.1 Å². The maximum Gasteiger partial charge on any atom is 0.401 e. The molecule has 0 bridgehead atoms. The first kappa shape index (κ1) is 26.7. The molecule has 3 aromatic rings. The number of hydrogen-bond acceptors (Lipinski definition) is 7.